The first kappa shape index (κ1) is 13.0. The normalized spacial score (nSPS) is 12.9. The highest BCUT2D eigenvalue weighted by Gasteiger charge is 2.14. The minimum absolute atomic E-state index is 0.540. The summed E-state index contributed by atoms with van der Waals surface area (Å²) in [6.45, 7) is 12.8. The average molecular weight is 185 g/mol. The monoisotopic (exact) mass is 185 g/mol. The predicted octanol–water partition coefficient (Wildman–Crippen LogP) is 3.54. The zero-order valence-electron chi connectivity index (χ0n) is 10.4. The summed E-state index contributed by atoms with van der Waals surface area (Å²) in [5.74, 6) is 0. The van der Waals surface area contributed by atoms with Gasteiger partial charge in [-0.2, -0.15) is 0 Å². The van der Waals surface area contributed by atoms with Gasteiger partial charge in [-0.05, 0) is 45.7 Å². The molecular formula is C12H27N. The first-order chi connectivity index (χ1) is 5.89. The quantitative estimate of drug-likeness (QED) is 0.612. The first-order valence-electron chi connectivity index (χ1n) is 5.59. The topological polar surface area (TPSA) is 3.24 Å². The molecule has 0 fully saturated rings. The number of hydrogen-bond donors (Lipinski definition) is 0. The molecule has 0 spiro atoms. The van der Waals surface area contributed by atoms with Gasteiger partial charge in [0.1, 0.15) is 0 Å². The molecule has 0 aliphatic carbocycles. The van der Waals surface area contributed by atoms with E-state index in [1.165, 1.54) is 25.8 Å². The van der Waals surface area contributed by atoms with Crippen molar-refractivity contribution in [3.05, 3.63) is 0 Å². The molecule has 0 radical (unpaired) electrons. The maximum atomic E-state index is 2.42. The largest absolute Gasteiger partial charge is 0.304 e. The summed E-state index contributed by atoms with van der Waals surface area (Å²) in [5, 5.41) is 0. The van der Waals surface area contributed by atoms with Crippen molar-refractivity contribution >= 4 is 0 Å². The Bertz CT molecular complexity index is 127. The van der Waals surface area contributed by atoms with Gasteiger partial charge in [0.15, 0.2) is 0 Å². The molecule has 0 amide bonds. The van der Waals surface area contributed by atoms with Crippen molar-refractivity contribution in [3.8, 4) is 0 Å². The zero-order valence-corrected chi connectivity index (χ0v) is 10.4. The molecule has 0 heterocycles. The molecule has 1 heteroatoms. The fourth-order valence-electron chi connectivity index (χ4n) is 1.24. The van der Waals surface area contributed by atoms with Gasteiger partial charge in [-0.15, -0.1) is 0 Å². The van der Waals surface area contributed by atoms with Crippen LogP contribution in [-0.2, 0) is 0 Å². The lowest BCUT2D eigenvalue weighted by Crippen LogP contribution is -2.28. The van der Waals surface area contributed by atoms with Gasteiger partial charge in [-0.1, -0.05) is 27.2 Å². The Hall–Kier alpha value is -0.0400. The molecule has 1 nitrogen and oxygen atoms in total. The predicted molar refractivity (Wildman–Crippen MR) is 61.1 cm³/mol. The van der Waals surface area contributed by atoms with Crippen LogP contribution in [0.5, 0.6) is 0 Å². The van der Waals surface area contributed by atoms with Gasteiger partial charge in [0.05, 0.1) is 0 Å². The average Bonchev–Trinajstić information content (AvgIpc) is 2.04. The van der Waals surface area contributed by atoms with Crippen LogP contribution in [0.1, 0.15) is 53.9 Å². The van der Waals surface area contributed by atoms with Crippen molar-refractivity contribution in [1.82, 2.24) is 4.90 Å². The summed E-state index contributed by atoms with van der Waals surface area (Å²) in [7, 11) is 2.21. The van der Waals surface area contributed by atoms with Crippen LogP contribution in [0.4, 0.5) is 0 Å². The van der Waals surface area contributed by atoms with Crippen molar-refractivity contribution < 1.29 is 0 Å². The van der Waals surface area contributed by atoms with Crippen LogP contribution in [0.15, 0.2) is 0 Å². The molecule has 0 aliphatic heterocycles. The van der Waals surface area contributed by atoms with Crippen molar-refractivity contribution in [2.45, 2.75) is 59.9 Å². The first-order valence-corrected chi connectivity index (χ1v) is 5.59. The Labute approximate surface area is 84.5 Å². The van der Waals surface area contributed by atoms with Gasteiger partial charge in [-0.25, -0.2) is 0 Å². The summed E-state index contributed by atoms with van der Waals surface area (Å²) in [4.78, 5) is 2.42. The van der Waals surface area contributed by atoms with Crippen LogP contribution < -0.4 is 0 Å². The highest BCUT2D eigenvalue weighted by molar-refractivity contribution is 4.67. The molecule has 0 N–H and O–H groups in total. The van der Waals surface area contributed by atoms with Crippen LogP contribution in [0.2, 0.25) is 0 Å². The molecule has 0 bridgehead atoms. The minimum atomic E-state index is 0.540. The molecule has 0 aromatic rings. The van der Waals surface area contributed by atoms with Gasteiger partial charge in [0, 0.05) is 6.04 Å². The van der Waals surface area contributed by atoms with Crippen molar-refractivity contribution in [1.29, 1.82) is 0 Å². The molecule has 0 atom stereocenters. The van der Waals surface area contributed by atoms with E-state index >= 15 is 0 Å². The van der Waals surface area contributed by atoms with Crippen molar-refractivity contribution in [2.24, 2.45) is 5.41 Å². The Balaban J connectivity index is 3.56. The third kappa shape index (κ3) is 6.09. The summed E-state index contributed by atoms with van der Waals surface area (Å²) >= 11 is 0. The lowest BCUT2D eigenvalue weighted by atomic mass is 9.85. The van der Waals surface area contributed by atoms with Crippen LogP contribution in [0.25, 0.3) is 0 Å². The maximum Gasteiger partial charge on any atom is 0.00355 e. The van der Waals surface area contributed by atoms with Gasteiger partial charge in [0.2, 0.25) is 0 Å². The molecular weight excluding hydrogens is 158 g/mol. The van der Waals surface area contributed by atoms with E-state index in [0.29, 0.717) is 11.5 Å². The minimum Gasteiger partial charge on any atom is -0.304 e. The maximum absolute atomic E-state index is 2.42. The Kier molecular flexibility index (Phi) is 5.62. The summed E-state index contributed by atoms with van der Waals surface area (Å²) < 4.78 is 0. The summed E-state index contributed by atoms with van der Waals surface area (Å²) in [6.07, 6.45) is 3.97. The van der Waals surface area contributed by atoms with E-state index in [9.17, 15) is 0 Å². The van der Waals surface area contributed by atoms with Gasteiger partial charge in [0.25, 0.3) is 0 Å². The Morgan fingerprint density at radius 1 is 1.23 bits per heavy atom. The van der Waals surface area contributed by atoms with E-state index in [4.69, 9.17) is 0 Å². The summed E-state index contributed by atoms with van der Waals surface area (Å²) in [5.41, 5.74) is 0.540. The number of rotatable bonds is 6. The van der Waals surface area contributed by atoms with Gasteiger partial charge >= 0.3 is 0 Å². The summed E-state index contributed by atoms with van der Waals surface area (Å²) in [6, 6.07) is 0.685. The fourth-order valence-corrected chi connectivity index (χ4v) is 1.24. The molecule has 0 saturated heterocycles. The molecule has 0 aliphatic rings. The SMILES string of the molecule is CCC(C)(C)CCCN(C)C(C)C. The smallest absolute Gasteiger partial charge is 0.00355 e. The third-order valence-corrected chi connectivity index (χ3v) is 3.20. The van der Waals surface area contributed by atoms with Crippen LogP contribution in [0.3, 0.4) is 0 Å². The highest BCUT2D eigenvalue weighted by Crippen LogP contribution is 2.25. The second-order valence-electron chi connectivity index (χ2n) is 5.20. The van der Waals surface area contributed by atoms with Crippen LogP contribution in [0, 0.1) is 5.41 Å². The molecule has 0 aromatic heterocycles. The highest BCUT2D eigenvalue weighted by atomic mass is 15.1. The van der Waals surface area contributed by atoms with Crippen LogP contribution in [-0.4, -0.2) is 24.5 Å². The van der Waals surface area contributed by atoms with Gasteiger partial charge in [-0.3, -0.25) is 0 Å². The zero-order chi connectivity index (χ0) is 10.5. The van der Waals surface area contributed by atoms with E-state index in [-0.39, 0.29) is 0 Å². The fraction of sp³-hybridized carbons (Fsp3) is 1.00. The van der Waals surface area contributed by atoms with E-state index in [2.05, 4.69) is 46.6 Å². The molecule has 13 heavy (non-hydrogen) atoms. The van der Waals surface area contributed by atoms with E-state index in [1.807, 2.05) is 0 Å². The van der Waals surface area contributed by atoms with Gasteiger partial charge < -0.3 is 4.90 Å². The lowest BCUT2D eigenvalue weighted by Gasteiger charge is -2.26. The number of hydrogen-bond acceptors (Lipinski definition) is 1. The standard InChI is InChI=1S/C12H27N/c1-7-12(4,5)9-8-10-13(6)11(2)3/h11H,7-10H2,1-6H3. The van der Waals surface area contributed by atoms with E-state index in [0.717, 1.165) is 0 Å². The van der Waals surface area contributed by atoms with Crippen LogP contribution >= 0.6 is 0 Å². The van der Waals surface area contributed by atoms with E-state index < -0.39 is 0 Å². The molecule has 80 valence electrons. The Morgan fingerprint density at radius 2 is 1.77 bits per heavy atom. The second kappa shape index (κ2) is 5.64. The van der Waals surface area contributed by atoms with Crippen molar-refractivity contribution in [3.63, 3.8) is 0 Å². The third-order valence-electron chi connectivity index (χ3n) is 3.20. The molecule has 0 aromatic carbocycles. The van der Waals surface area contributed by atoms with E-state index in [1.54, 1.807) is 0 Å². The number of nitrogens with zero attached hydrogens (tertiary/aromatic N) is 1. The lowest BCUT2D eigenvalue weighted by molar-refractivity contribution is 0.237. The molecule has 0 rings (SSSR count). The molecule has 0 unspecified atom stereocenters. The second-order valence-corrected chi connectivity index (χ2v) is 5.20. The Morgan fingerprint density at radius 3 is 2.15 bits per heavy atom. The van der Waals surface area contributed by atoms with Crippen molar-refractivity contribution in [2.75, 3.05) is 13.6 Å². The molecule has 0 saturated carbocycles.